The molecule has 0 aliphatic heterocycles. The average molecular weight is 161 g/mol. The fourth-order valence-electron chi connectivity index (χ4n) is 0.545. The molecule has 10 heavy (non-hydrogen) atoms. The van der Waals surface area contributed by atoms with E-state index >= 15 is 0 Å². The first kappa shape index (κ1) is 7.15. The SMILES string of the molecule is O=c1ccoc(CCl)c1O. The van der Waals surface area contributed by atoms with Crippen LogP contribution in [0.2, 0.25) is 0 Å². The number of rotatable bonds is 1. The van der Waals surface area contributed by atoms with Crippen LogP contribution in [0, 0.1) is 0 Å². The Balaban J connectivity index is 3.28. The van der Waals surface area contributed by atoms with Crippen molar-refractivity contribution in [2.45, 2.75) is 5.88 Å². The molecule has 0 saturated carbocycles. The quantitative estimate of drug-likeness (QED) is 0.626. The van der Waals surface area contributed by atoms with Gasteiger partial charge in [-0.15, -0.1) is 11.6 Å². The highest BCUT2D eigenvalue weighted by atomic mass is 35.5. The molecule has 3 nitrogen and oxygen atoms in total. The molecule has 0 bridgehead atoms. The van der Waals surface area contributed by atoms with Crippen molar-refractivity contribution in [1.82, 2.24) is 0 Å². The highest BCUT2D eigenvalue weighted by molar-refractivity contribution is 6.16. The van der Waals surface area contributed by atoms with E-state index in [1.54, 1.807) is 0 Å². The van der Waals surface area contributed by atoms with Crippen molar-refractivity contribution in [2.24, 2.45) is 0 Å². The Labute approximate surface area is 61.9 Å². The topological polar surface area (TPSA) is 50.4 Å². The van der Waals surface area contributed by atoms with Gasteiger partial charge in [0.15, 0.2) is 5.76 Å². The third-order valence-corrected chi connectivity index (χ3v) is 1.29. The monoisotopic (exact) mass is 160 g/mol. The lowest BCUT2D eigenvalue weighted by molar-refractivity contribution is 0.409. The second kappa shape index (κ2) is 2.75. The molecule has 0 unspecified atom stereocenters. The first-order chi connectivity index (χ1) is 4.75. The second-order valence-corrected chi connectivity index (χ2v) is 1.96. The number of aromatic hydroxyl groups is 1. The zero-order valence-electron chi connectivity index (χ0n) is 5.00. The number of hydrogen-bond donors (Lipinski definition) is 1. The van der Waals surface area contributed by atoms with Crippen molar-refractivity contribution in [3.8, 4) is 5.75 Å². The van der Waals surface area contributed by atoms with Crippen LogP contribution in [-0.2, 0) is 5.88 Å². The van der Waals surface area contributed by atoms with Crippen LogP contribution in [0.25, 0.3) is 0 Å². The van der Waals surface area contributed by atoms with E-state index in [2.05, 4.69) is 0 Å². The van der Waals surface area contributed by atoms with Crippen LogP contribution in [0.1, 0.15) is 5.76 Å². The van der Waals surface area contributed by atoms with E-state index in [9.17, 15) is 4.79 Å². The largest absolute Gasteiger partial charge is 0.502 e. The van der Waals surface area contributed by atoms with Gasteiger partial charge >= 0.3 is 0 Å². The highest BCUT2D eigenvalue weighted by Crippen LogP contribution is 2.11. The first-order valence-electron chi connectivity index (χ1n) is 2.61. The van der Waals surface area contributed by atoms with Gasteiger partial charge in [0.1, 0.15) is 0 Å². The molecule has 1 aromatic rings. The van der Waals surface area contributed by atoms with Crippen molar-refractivity contribution in [3.05, 3.63) is 28.3 Å². The van der Waals surface area contributed by atoms with E-state index in [0.717, 1.165) is 6.07 Å². The Morgan fingerprint density at radius 3 is 2.90 bits per heavy atom. The van der Waals surface area contributed by atoms with Gasteiger partial charge in [-0.25, -0.2) is 0 Å². The van der Waals surface area contributed by atoms with Crippen LogP contribution in [-0.4, -0.2) is 5.11 Å². The standard InChI is InChI=1S/C6H5ClO3/c7-3-5-6(9)4(8)1-2-10-5/h1-2,9H,3H2. The summed E-state index contributed by atoms with van der Waals surface area (Å²) in [6.07, 6.45) is 1.19. The lowest BCUT2D eigenvalue weighted by atomic mass is 10.4. The minimum Gasteiger partial charge on any atom is -0.502 e. The lowest BCUT2D eigenvalue weighted by Gasteiger charge is -1.94. The molecule has 1 rings (SSSR count). The minimum absolute atomic E-state index is 0.00190. The Kier molecular flexibility index (Phi) is 1.97. The van der Waals surface area contributed by atoms with E-state index in [0.29, 0.717) is 0 Å². The number of alkyl halides is 1. The van der Waals surface area contributed by atoms with Gasteiger partial charge < -0.3 is 9.52 Å². The zero-order chi connectivity index (χ0) is 7.56. The summed E-state index contributed by atoms with van der Waals surface area (Å²) >= 11 is 5.31. The summed E-state index contributed by atoms with van der Waals surface area (Å²) in [7, 11) is 0. The Hall–Kier alpha value is -0.960. The molecule has 0 atom stereocenters. The van der Waals surface area contributed by atoms with E-state index < -0.39 is 11.2 Å². The third kappa shape index (κ3) is 1.14. The van der Waals surface area contributed by atoms with Crippen LogP contribution in [0.15, 0.2) is 21.5 Å². The fraction of sp³-hybridized carbons (Fsp3) is 0.167. The molecule has 0 aromatic carbocycles. The maximum absolute atomic E-state index is 10.6. The van der Waals surface area contributed by atoms with Crippen LogP contribution in [0.5, 0.6) is 5.75 Å². The number of halogens is 1. The summed E-state index contributed by atoms with van der Waals surface area (Å²) in [6, 6.07) is 1.13. The zero-order valence-corrected chi connectivity index (χ0v) is 5.76. The molecule has 0 spiro atoms. The van der Waals surface area contributed by atoms with Gasteiger partial charge in [-0.3, -0.25) is 4.79 Å². The highest BCUT2D eigenvalue weighted by Gasteiger charge is 2.03. The van der Waals surface area contributed by atoms with Gasteiger partial charge in [0.25, 0.3) is 0 Å². The summed E-state index contributed by atoms with van der Waals surface area (Å²) in [5, 5.41) is 8.91. The molecule has 0 saturated heterocycles. The minimum atomic E-state index is -0.470. The van der Waals surface area contributed by atoms with Gasteiger partial charge in [0.05, 0.1) is 12.1 Å². The summed E-state index contributed by atoms with van der Waals surface area (Å²) in [5.41, 5.74) is -0.470. The molecular weight excluding hydrogens is 156 g/mol. The smallest absolute Gasteiger partial charge is 0.226 e. The predicted octanol–water partition coefficient (Wildman–Crippen LogP) is 1.08. The van der Waals surface area contributed by atoms with Gasteiger partial charge in [-0.2, -0.15) is 0 Å². The summed E-state index contributed by atoms with van der Waals surface area (Å²) < 4.78 is 4.71. The summed E-state index contributed by atoms with van der Waals surface area (Å²) in [6.45, 7) is 0. The Bertz CT molecular complexity index is 279. The molecule has 1 heterocycles. The molecule has 0 fully saturated rings. The molecule has 0 aliphatic carbocycles. The van der Waals surface area contributed by atoms with Crippen molar-refractivity contribution in [2.75, 3.05) is 0 Å². The summed E-state index contributed by atoms with van der Waals surface area (Å²) in [4.78, 5) is 10.6. The molecule has 0 radical (unpaired) electrons. The summed E-state index contributed by atoms with van der Waals surface area (Å²) in [5.74, 6) is -0.297. The van der Waals surface area contributed by atoms with Gasteiger partial charge in [0, 0.05) is 6.07 Å². The van der Waals surface area contributed by atoms with Gasteiger partial charge in [-0.05, 0) is 0 Å². The van der Waals surface area contributed by atoms with E-state index in [1.165, 1.54) is 6.26 Å². The van der Waals surface area contributed by atoms with Gasteiger partial charge in [0.2, 0.25) is 11.2 Å². The number of hydrogen-bond acceptors (Lipinski definition) is 3. The fourth-order valence-corrected chi connectivity index (χ4v) is 0.734. The molecule has 0 amide bonds. The molecule has 0 aliphatic rings. The Morgan fingerprint density at radius 1 is 1.70 bits per heavy atom. The average Bonchev–Trinajstić information content (AvgIpc) is 1.95. The second-order valence-electron chi connectivity index (χ2n) is 1.69. The molecule has 54 valence electrons. The Morgan fingerprint density at radius 2 is 2.40 bits per heavy atom. The third-order valence-electron chi connectivity index (χ3n) is 1.05. The van der Waals surface area contributed by atoms with Crippen molar-refractivity contribution in [3.63, 3.8) is 0 Å². The molecule has 4 heteroatoms. The van der Waals surface area contributed by atoms with Crippen molar-refractivity contribution in [1.29, 1.82) is 0 Å². The lowest BCUT2D eigenvalue weighted by Crippen LogP contribution is -1.98. The normalized spacial score (nSPS) is 9.70. The first-order valence-corrected chi connectivity index (χ1v) is 3.14. The maximum Gasteiger partial charge on any atom is 0.226 e. The molecule has 1 aromatic heterocycles. The van der Waals surface area contributed by atoms with E-state index in [4.69, 9.17) is 21.1 Å². The maximum atomic E-state index is 10.6. The van der Waals surface area contributed by atoms with Crippen molar-refractivity contribution < 1.29 is 9.52 Å². The van der Waals surface area contributed by atoms with Crippen LogP contribution < -0.4 is 5.43 Å². The van der Waals surface area contributed by atoms with Crippen LogP contribution >= 0.6 is 11.6 Å². The van der Waals surface area contributed by atoms with Crippen LogP contribution in [0.3, 0.4) is 0 Å². The molecule has 1 N–H and O–H groups in total. The predicted molar refractivity (Wildman–Crippen MR) is 36.2 cm³/mol. The van der Waals surface area contributed by atoms with Crippen molar-refractivity contribution >= 4 is 11.6 Å². The van der Waals surface area contributed by atoms with Crippen LogP contribution in [0.4, 0.5) is 0 Å². The van der Waals surface area contributed by atoms with E-state index in [1.807, 2.05) is 0 Å². The van der Waals surface area contributed by atoms with E-state index in [-0.39, 0.29) is 11.6 Å². The molecular formula is C6H5ClO3. The van der Waals surface area contributed by atoms with Gasteiger partial charge in [-0.1, -0.05) is 0 Å².